The lowest BCUT2D eigenvalue weighted by molar-refractivity contribution is -0.120. The van der Waals surface area contributed by atoms with Crippen LogP contribution in [0.4, 0.5) is 0 Å². The zero-order chi connectivity index (χ0) is 12.4. The number of benzene rings is 1. The second-order valence-electron chi connectivity index (χ2n) is 4.06. The van der Waals surface area contributed by atoms with Crippen molar-refractivity contribution in [3.63, 3.8) is 0 Å². The third-order valence-corrected chi connectivity index (χ3v) is 2.91. The van der Waals surface area contributed by atoms with Gasteiger partial charge in [0.05, 0.1) is 5.71 Å². The monoisotopic (exact) mass is 237 g/mol. The highest BCUT2D eigenvalue weighted by Crippen LogP contribution is 2.24. The second-order valence-corrected chi connectivity index (χ2v) is 4.06. The fourth-order valence-corrected chi connectivity index (χ4v) is 2.07. The Bertz CT molecular complexity index is 593. The molecule has 0 fully saturated rings. The average molecular weight is 237 g/mol. The molecular weight excluding hydrogens is 226 g/mol. The second kappa shape index (κ2) is 4.41. The molecule has 0 saturated heterocycles. The smallest absolute Gasteiger partial charge is 0.253 e. The molecule has 0 bridgehead atoms. The Balaban J connectivity index is 2.03. The summed E-state index contributed by atoms with van der Waals surface area (Å²) in [6.45, 7) is 0. The molecule has 3 rings (SSSR count). The zero-order valence-corrected chi connectivity index (χ0v) is 9.58. The van der Waals surface area contributed by atoms with Gasteiger partial charge in [0.15, 0.2) is 0 Å². The first-order valence-corrected chi connectivity index (χ1v) is 5.69. The normalized spacial score (nSPS) is 18.3. The number of nitrogens with zero attached hydrogens (tertiary/aromatic N) is 2. The Hall–Kier alpha value is -2.49. The predicted molar refractivity (Wildman–Crippen MR) is 68.1 cm³/mol. The standard InChI is InChI=1S/C14H11N3O/c18-14-12(10-5-2-1-3-6-10)13(16-17-14)11-7-4-8-15-9-11/h1-9,12H,(H,17,18)/t12-/m1/s1. The molecule has 1 atom stereocenters. The molecule has 18 heavy (non-hydrogen) atoms. The highest BCUT2D eigenvalue weighted by Gasteiger charge is 2.32. The number of carbonyl (C=O) groups is 1. The fraction of sp³-hybridized carbons (Fsp3) is 0.0714. The van der Waals surface area contributed by atoms with Gasteiger partial charge in [-0.25, -0.2) is 5.43 Å². The Labute approximate surface area is 104 Å². The zero-order valence-electron chi connectivity index (χ0n) is 9.58. The van der Waals surface area contributed by atoms with Crippen LogP contribution in [0.25, 0.3) is 0 Å². The van der Waals surface area contributed by atoms with E-state index >= 15 is 0 Å². The Morgan fingerprint density at radius 1 is 1.06 bits per heavy atom. The summed E-state index contributed by atoms with van der Waals surface area (Å²) in [5.41, 5.74) is 5.06. The minimum Gasteiger partial charge on any atom is -0.272 e. The lowest BCUT2D eigenvalue weighted by Crippen LogP contribution is -2.21. The van der Waals surface area contributed by atoms with Crippen LogP contribution in [0.1, 0.15) is 17.0 Å². The van der Waals surface area contributed by atoms with Gasteiger partial charge in [0.25, 0.3) is 5.91 Å². The molecule has 0 spiro atoms. The maximum Gasteiger partial charge on any atom is 0.253 e. The van der Waals surface area contributed by atoms with Crippen LogP contribution in [-0.4, -0.2) is 16.6 Å². The molecular formula is C14H11N3O. The summed E-state index contributed by atoms with van der Waals surface area (Å²) in [6, 6.07) is 13.4. The molecule has 1 aromatic heterocycles. The third-order valence-electron chi connectivity index (χ3n) is 2.91. The minimum atomic E-state index is -0.351. The minimum absolute atomic E-state index is 0.0972. The maximum atomic E-state index is 11.9. The third kappa shape index (κ3) is 1.78. The molecule has 1 N–H and O–H groups in total. The number of hydrazone groups is 1. The van der Waals surface area contributed by atoms with E-state index in [1.165, 1.54) is 0 Å². The van der Waals surface area contributed by atoms with Gasteiger partial charge in [-0.1, -0.05) is 30.3 Å². The molecule has 1 amide bonds. The molecule has 88 valence electrons. The number of hydrogen-bond donors (Lipinski definition) is 1. The number of hydrogen-bond acceptors (Lipinski definition) is 3. The van der Waals surface area contributed by atoms with Crippen LogP contribution in [0.2, 0.25) is 0 Å². The van der Waals surface area contributed by atoms with Crippen molar-refractivity contribution in [3.05, 3.63) is 66.0 Å². The first-order valence-electron chi connectivity index (χ1n) is 5.69. The van der Waals surface area contributed by atoms with Crippen LogP contribution in [0.3, 0.4) is 0 Å². The Kier molecular flexibility index (Phi) is 2.61. The van der Waals surface area contributed by atoms with Gasteiger partial charge in [0.2, 0.25) is 0 Å². The first-order chi connectivity index (χ1) is 8.86. The van der Waals surface area contributed by atoms with Crippen LogP contribution in [-0.2, 0) is 4.79 Å². The van der Waals surface area contributed by atoms with E-state index in [1.807, 2.05) is 42.5 Å². The summed E-state index contributed by atoms with van der Waals surface area (Å²) in [6.07, 6.45) is 3.42. The van der Waals surface area contributed by atoms with Gasteiger partial charge in [0, 0.05) is 18.0 Å². The lowest BCUT2D eigenvalue weighted by Gasteiger charge is -2.10. The van der Waals surface area contributed by atoms with E-state index < -0.39 is 0 Å². The van der Waals surface area contributed by atoms with Crippen molar-refractivity contribution < 1.29 is 4.79 Å². The number of nitrogens with one attached hydrogen (secondary N) is 1. The van der Waals surface area contributed by atoms with Gasteiger partial charge in [0.1, 0.15) is 5.92 Å². The molecule has 0 unspecified atom stereocenters. The summed E-state index contributed by atoms with van der Waals surface area (Å²) in [5.74, 6) is -0.449. The summed E-state index contributed by atoms with van der Waals surface area (Å²) >= 11 is 0. The molecule has 1 aromatic carbocycles. The SMILES string of the molecule is O=C1NN=C(c2cccnc2)[C@H]1c1ccccc1. The molecule has 0 aliphatic carbocycles. The summed E-state index contributed by atoms with van der Waals surface area (Å²) in [5, 5.41) is 4.12. The highest BCUT2D eigenvalue weighted by molar-refractivity contribution is 6.19. The van der Waals surface area contributed by atoms with Crippen LogP contribution < -0.4 is 5.43 Å². The average Bonchev–Trinajstić information content (AvgIpc) is 2.83. The van der Waals surface area contributed by atoms with E-state index in [0.717, 1.165) is 16.8 Å². The van der Waals surface area contributed by atoms with E-state index in [-0.39, 0.29) is 11.8 Å². The van der Waals surface area contributed by atoms with Crippen LogP contribution in [0.15, 0.2) is 60.0 Å². The summed E-state index contributed by atoms with van der Waals surface area (Å²) in [4.78, 5) is 16.0. The van der Waals surface area contributed by atoms with Crippen molar-refractivity contribution in [2.75, 3.05) is 0 Å². The van der Waals surface area contributed by atoms with Gasteiger partial charge in [-0.15, -0.1) is 0 Å². The number of carbonyl (C=O) groups excluding carboxylic acids is 1. The van der Waals surface area contributed by atoms with Crippen molar-refractivity contribution >= 4 is 11.6 Å². The van der Waals surface area contributed by atoms with Gasteiger partial charge < -0.3 is 0 Å². The van der Waals surface area contributed by atoms with Crippen molar-refractivity contribution in [3.8, 4) is 0 Å². The van der Waals surface area contributed by atoms with Gasteiger partial charge in [-0.2, -0.15) is 5.10 Å². The summed E-state index contributed by atoms with van der Waals surface area (Å²) < 4.78 is 0. The maximum absolute atomic E-state index is 11.9. The number of rotatable bonds is 2. The Morgan fingerprint density at radius 2 is 1.89 bits per heavy atom. The molecule has 2 aromatic rings. The number of pyridine rings is 1. The molecule has 1 aliphatic rings. The predicted octanol–water partition coefficient (Wildman–Crippen LogP) is 1.70. The van der Waals surface area contributed by atoms with E-state index in [2.05, 4.69) is 15.5 Å². The number of aromatic nitrogens is 1. The van der Waals surface area contributed by atoms with Crippen molar-refractivity contribution in [1.82, 2.24) is 10.4 Å². The van der Waals surface area contributed by atoms with Gasteiger partial charge >= 0.3 is 0 Å². The quantitative estimate of drug-likeness (QED) is 0.864. The molecule has 4 nitrogen and oxygen atoms in total. The van der Waals surface area contributed by atoms with Gasteiger partial charge in [-0.05, 0) is 17.7 Å². The van der Waals surface area contributed by atoms with E-state index in [9.17, 15) is 4.79 Å². The summed E-state index contributed by atoms with van der Waals surface area (Å²) in [7, 11) is 0. The van der Waals surface area contributed by atoms with Crippen molar-refractivity contribution in [1.29, 1.82) is 0 Å². The topological polar surface area (TPSA) is 54.4 Å². The van der Waals surface area contributed by atoms with E-state index in [4.69, 9.17) is 0 Å². The van der Waals surface area contributed by atoms with Gasteiger partial charge in [-0.3, -0.25) is 9.78 Å². The number of amides is 1. The van der Waals surface area contributed by atoms with Crippen LogP contribution in [0, 0.1) is 0 Å². The molecule has 1 aliphatic heterocycles. The molecule has 2 heterocycles. The molecule has 0 saturated carbocycles. The van der Waals surface area contributed by atoms with Crippen molar-refractivity contribution in [2.24, 2.45) is 5.10 Å². The lowest BCUT2D eigenvalue weighted by atomic mass is 9.91. The van der Waals surface area contributed by atoms with Crippen LogP contribution in [0.5, 0.6) is 0 Å². The fourth-order valence-electron chi connectivity index (χ4n) is 2.07. The molecule has 0 radical (unpaired) electrons. The Morgan fingerprint density at radius 3 is 2.61 bits per heavy atom. The van der Waals surface area contributed by atoms with E-state index in [1.54, 1.807) is 12.4 Å². The van der Waals surface area contributed by atoms with E-state index in [0.29, 0.717) is 0 Å². The first kappa shape index (κ1) is 10.7. The molecule has 4 heteroatoms. The van der Waals surface area contributed by atoms with Crippen molar-refractivity contribution in [2.45, 2.75) is 5.92 Å². The highest BCUT2D eigenvalue weighted by atomic mass is 16.2. The van der Waals surface area contributed by atoms with Crippen LogP contribution >= 0.6 is 0 Å². The largest absolute Gasteiger partial charge is 0.272 e.